The maximum absolute atomic E-state index is 5.67. The molecule has 0 saturated carbocycles. The van der Waals surface area contributed by atoms with Crippen LogP contribution >= 0.6 is 0 Å². The van der Waals surface area contributed by atoms with Crippen molar-refractivity contribution in [1.82, 2.24) is 25.0 Å². The van der Waals surface area contributed by atoms with Crippen LogP contribution in [0.5, 0.6) is 0 Å². The van der Waals surface area contributed by atoms with Crippen molar-refractivity contribution in [2.75, 3.05) is 0 Å². The highest BCUT2D eigenvalue weighted by atomic mass is 15.3. The highest BCUT2D eigenvalue weighted by Gasteiger charge is 2.17. The number of aromatic nitrogens is 4. The fourth-order valence-corrected chi connectivity index (χ4v) is 2.28. The second-order valence-corrected chi connectivity index (χ2v) is 4.67. The maximum atomic E-state index is 5.67. The molecule has 0 spiro atoms. The number of hydrazine groups is 1. The average molecular weight is 248 g/mol. The summed E-state index contributed by atoms with van der Waals surface area (Å²) in [5, 5.41) is 8.69. The van der Waals surface area contributed by atoms with Crippen LogP contribution in [0.2, 0.25) is 0 Å². The molecule has 0 aliphatic rings. The van der Waals surface area contributed by atoms with Crippen LogP contribution in [0.1, 0.15) is 28.7 Å². The fourth-order valence-electron chi connectivity index (χ4n) is 2.28. The van der Waals surface area contributed by atoms with Gasteiger partial charge in [-0.05, 0) is 19.9 Å². The van der Waals surface area contributed by atoms with Gasteiger partial charge in [-0.25, -0.2) is 0 Å². The van der Waals surface area contributed by atoms with Crippen molar-refractivity contribution in [3.63, 3.8) is 0 Å². The third-order valence-corrected chi connectivity index (χ3v) is 3.14. The first-order valence-corrected chi connectivity index (χ1v) is 5.97. The van der Waals surface area contributed by atoms with E-state index in [9.17, 15) is 0 Å². The molecule has 0 aliphatic carbocycles. The highest BCUT2D eigenvalue weighted by molar-refractivity contribution is 5.22. The molecular weight excluding hydrogens is 228 g/mol. The summed E-state index contributed by atoms with van der Waals surface area (Å²) >= 11 is 0. The average Bonchev–Trinajstić information content (AvgIpc) is 2.78. The van der Waals surface area contributed by atoms with Crippen molar-refractivity contribution in [3.8, 4) is 0 Å². The molecule has 2 aromatic rings. The van der Waals surface area contributed by atoms with Gasteiger partial charge in [-0.1, -0.05) is 0 Å². The number of nitrogens with zero attached hydrogens (tertiary/aromatic N) is 4. The number of hydrogen-bond donors (Lipinski definition) is 2. The molecule has 0 saturated heterocycles. The van der Waals surface area contributed by atoms with E-state index in [1.807, 2.05) is 43.5 Å². The van der Waals surface area contributed by atoms with E-state index in [1.54, 1.807) is 0 Å². The second-order valence-electron chi connectivity index (χ2n) is 4.67. The Kier molecular flexibility index (Phi) is 3.49. The summed E-state index contributed by atoms with van der Waals surface area (Å²) in [6.45, 7) is 3.98. The Balaban J connectivity index is 2.25. The number of hydrogen-bond acceptors (Lipinski definition) is 4. The van der Waals surface area contributed by atoms with Crippen molar-refractivity contribution < 1.29 is 0 Å². The van der Waals surface area contributed by atoms with Gasteiger partial charge in [0.15, 0.2) is 0 Å². The van der Waals surface area contributed by atoms with Crippen LogP contribution in [0.4, 0.5) is 0 Å². The summed E-state index contributed by atoms with van der Waals surface area (Å²) in [6.07, 6.45) is 2.80. The van der Waals surface area contributed by atoms with Crippen LogP contribution in [0.15, 0.2) is 12.3 Å². The van der Waals surface area contributed by atoms with Crippen molar-refractivity contribution in [2.45, 2.75) is 26.3 Å². The summed E-state index contributed by atoms with van der Waals surface area (Å²) < 4.78 is 3.70. The van der Waals surface area contributed by atoms with Gasteiger partial charge in [-0.15, -0.1) is 0 Å². The molecule has 0 bridgehead atoms. The number of rotatable bonds is 4. The normalized spacial score (nSPS) is 12.9. The standard InChI is InChI=1S/C12H20N6/c1-8-5-10(18(4)15-8)6-12(14-13)11-7-17(3)16-9(11)2/h5,7,12,14H,6,13H2,1-4H3. The van der Waals surface area contributed by atoms with E-state index in [2.05, 4.69) is 21.7 Å². The minimum atomic E-state index is 0.0495. The zero-order valence-electron chi connectivity index (χ0n) is 11.3. The van der Waals surface area contributed by atoms with Gasteiger partial charge in [0.05, 0.1) is 17.4 Å². The van der Waals surface area contributed by atoms with Gasteiger partial charge >= 0.3 is 0 Å². The van der Waals surface area contributed by atoms with E-state index in [0.717, 1.165) is 29.1 Å². The lowest BCUT2D eigenvalue weighted by Crippen LogP contribution is -2.30. The molecule has 6 heteroatoms. The minimum absolute atomic E-state index is 0.0495. The zero-order chi connectivity index (χ0) is 13.3. The van der Waals surface area contributed by atoms with Crippen LogP contribution in [0.25, 0.3) is 0 Å². The number of aryl methyl sites for hydroxylation is 4. The Hall–Kier alpha value is -1.66. The van der Waals surface area contributed by atoms with E-state index >= 15 is 0 Å². The molecular formula is C12H20N6. The van der Waals surface area contributed by atoms with Crippen LogP contribution in [0, 0.1) is 13.8 Å². The van der Waals surface area contributed by atoms with Gasteiger partial charge in [-0.3, -0.25) is 20.6 Å². The molecule has 2 heterocycles. The Morgan fingerprint density at radius 3 is 2.50 bits per heavy atom. The van der Waals surface area contributed by atoms with Crippen molar-refractivity contribution >= 4 is 0 Å². The van der Waals surface area contributed by atoms with Crippen molar-refractivity contribution in [3.05, 3.63) is 34.9 Å². The predicted molar refractivity (Wildman–Crippen MR) is 69.7 cm³/mol. The number of nitrogens with two attached hydrogens (primary N) is 1. The lowest BCUT2D eigenvalue weighted by Gasteiger charge is -2.15. The van der Waals surface area contributed by atoms with Crippen LogP contribution < -0.4 is 11.3 Å². The molecule has 0 radical (unpaired) electrons. The smallest absolute Gasteiger partial charge is 0.0642 e. The van der Waals surface area contributed by atoms with Gasteiger partial charge in [0.25, 0.3) is 0 Å². The molecule has 0 aromatic carbocycles. The van der Waals surface area contributed by atoms with Gasteiger partial charge in [0, 0.05) is 38.0 Å². The first kappa shape index (κ1) is 12.8. The van der Waals surface area contributed by atoms with E-state index in [-0.39, 0.29) is 6.04 Å². The summed E-state index contributed by atoms with van der Waals surface area (Å²) in [5.74, 6) is 5.67. The minimum Gasteiger partial charge on any atom is -0.275 e. The highest BCUT2D eigenvalue weighted by Crippen LogP contribution is 2.20. The molecule has 98 valence electrons. The fraction of sp³-hybridized carbons (Fsp3) is 0.500. The van der Waals surface area contributed by atoms with Gasteiger partial charge < -0.3 is 0 Å². The molecule has 0 fully saturated rings. The summed E-state index contributed by atoms with van der Waals surface area (Å²) in [5.41, 5.74) is 7.16. The first-order valence-electron chi connectivity index (χ1n) is 5.97. The molecule has 6 nitrogen and oxygen atoms in total. The predicted octanol–water partition coefficient (Wildman–Crippen LogP) is 0.518. The Labute approximate surface area is 107 Å². The van der Waals surface area contributed by atoms with Gasteiger partial charge in [-0.2, -0.15) is 10.2 Å². The van der Waals surface area contributed by atoms with Crippen LogP contribution in [-0.2, 0) is 20.5 Å². The van der Waals surface area contributed by atoms with Crippen molar-refractivity contribution in [2.24, 2.45) is 19.9 Å². The molecule has 2 rings (SSSR count). The number of nitrogens with one attached hydrogen (secondary N) is 1. The van der Waals surface area contributed by atoms with Crippen LogP contribution in [-0.4, -0.2) is 19.6 Å². The Bertz CT molecular complexity index is 539. The molecule has 0 amide bonds. The van der Waals surface area contributed by atoms with E-state index in [4.69, 9.17) is 5.84 Å². The molecule has 18 heavy (non-hydrogen) atoms. The first-order chi connectivity index (χ1) is 8.51. The van der Waals surface area contributed by atoms with E-state index in [1.165, 1.54) is 0 Å². The van der Waals surface area contributed by atoms with E-state index < -0.39 is 0 Å². The monoisotopic (exact) mass is 248 g/mol. The lowest BCUT2D eigenvalue weighted by molar-refractivity contribution is 0.527. The quantitative estimate of drug-likeness (QED) is 0.611. The summed E-state index contributed by atoms with van der Waals surface area (Å²) in [7, 11) is 3.87. The second kappa shape index (κ2) is 4.91. The maximum Gasteiger partial charge on any atom is 0.0642 e. The third-order valence-electron chi connectivity index (χ3n) is 3.14. The molecule has 1 unspecified atom stereocenters. The topological polar surface area (TPSA) is 73.7 Å². The van der Waals surface area contributed by atoms with Gasteiger partial charge in [0.1, 0.15) is 0 Å². The van der Waals surface area contributed by atoms with E-state index in [0.29, 0.717) is 0 Å². The molecule has 0 aliphatic heterocycles. The largest absolute Gasteiger partial charge is 0.275 e. The van der Waals surface area contributed by atoms with Crippen molar-refractivity contribution in [1.29, 1.82) is 0 Å². The summed E-state index contributed by atoms with van der Waals surface area (Å²) in [4.78, 5) is 0. The van der Waals surface area contributed by atoms with Crippen LogP contribution in [0.3, 0.4) is 0 Å². The Morgan fingerprint density at radius 1 is 1.33 bits per heavy atom. The zero-order valence-corrected chi connectivity index (χ0v) is 11.3. The lowest BCUT2D eigenvalue weighted by atomic mass is 10.0. The third kappa shape index (κ3) is 2.44. The molecule has 3 N–H and O–H groups in total. The SMILES string of the molecule is Cc1cc(CC(NN)c2cn(C)nc2C)n(C)n1. The molecule has 1 atom stereocenters. The van der Waals surface area contributed by atoms with Gasteiger partial charge in [0.2, 0.25) is 0 Å². The summed E-state index contributed by atoms with van der Waals surface area (Å²) in [6, 6.07) is 2.13. The Morgan fingerprint density at radius 2 is 2.06 bits per heavy atom. The molecule has 2 aromatic heterocycles.